The molecule has 1 N–H and O–H groups in total. The molecule has 1 saturated heterocycles. The number of hydrogen-bond acceptors (Lipinski definition) is 3. The van der Waals surface area contributed by atoms with E-state index in [4.69, 9.17) is 14.6 Å². The van der Waals surface area contributed by atoms with E-state index in [0.29, 0.717) is 6.61 Å². The monoisotopic (exact) mass is 190 g/mol. The van der Waals surface area contributed by atoms with Gasteiger partial charge in [0.15, 0.2) is 0 Å². The van der Waals surface area contributed by atoms with Gasteiger partial charge in [0.25, 0.3) is 0 Å². The maximum Gasteiger partial charge on any atom is 0.0701 e. The van der Waals surface area contributed by atoms with E-state index in [1.54, 1.807) is 0 Å². The Morgan fingerprint density at radius 3 is 1.77 bits per heavy atom. The van der Waals surface area contributed by atoms with Crippen molar-refractivity contribution in [2.45, 2.75) is 32.6 Å². The van der Waals surface area contributed by atoms with E-state index in [1.807, 2.05) is 0 Å². The van der Waals surface area contributed by atoms with E-state index in [1.165, 1.54) is 19.3 Å². The second-order valence-electron chi connectivity index (χ2n) is 3.01. The molecule has 0 spiro atoms. The molecule has 0 bridgehead atoms. The molecule has 1 aliphatic rings. The second kappa shape index (κ2) is 11.9. The first-order valence-corrected chi connectivity index (χ1v) is 5.18. The van der Waals surface area contributed by atoms with E-state index in [-0.39, 0.29) is 0 Å². The van der Waals surface area contributed by atoms with Crippen LogP contribution in [0.3, 0.4) is 0 Å². The predicted molar refractivity (Wildman–Crippen MR) is 52.9 cm³/mol. The lowest BCUT2D eigenvalue weighted by molar-refractivity contribution is -0.0334. The van der Waals surface area contributed by atoms with Crippen molar-refractivity contribution in [1.29, 1.82) is 0 Å². The third kappa shape index (κ3) is 11.9. The molecule has 0 atom stereocenters. The minimum Gasteiger partial charge on any atom is -0.396 e. The molecular weight excluding hydrogens is 168 g/mol. The van der Waals surface area contributed by atoms with Gasteiger partial charge in [-0.3, -0.25) is 0 Å². The highest BCUT2D eigenvalue weighted by Crippen LogP contribution is 1.96. The van der Waals surface area contributed by atoms with E-state index >= 15 is 0 Å². The van der Waals surface area contributed by atoms with Crippen molar-refractivity contribution >= 4 is 0 Å². The van der Waals surface area contributed by atoms with Crippen molar-refractivity contribution in [3.8, 4) is 0 Å². The first kappa shape index (κ1) is 12.9. The van der Waals surface area contributed by atoms with Crippen LogP contribution < -0.4 is 0 Å². The molecule has 0 saturated carbocycles. The van der Waals surface area contributed by atoms with Gasteiger partial charge >= 0.3 is 0 Å². The van der Waals surface area contributed by atoms with Gasteiger partial charge in [0.1, 0.15) is 0 Å². The number of rotatable bonds is 4. The molecule has 0 unspecified atom stereocenters. The summed E-state index contributed by atoms with van der Waals surface area (Å²) in [5, 5.41) is 8.29. The zero-order valence-corrected chi connectivity index (χ0v) is 8.63. The standard InChI is InChI=1S/C6H14O.C4H8O2/c1-2-3-4-5-6-7;1-2-6-4-3-5-1/h7H,2-6H2,1H3;1-4H2. The van der Waals surface area contributed by atoms with Gasteiger partial charge in [-0.05, 0) is 6.42 Å². The molecule has 0 amide bonds. The maximum absolute atomic E-state index is 8.29. The molecule has 80 valence electrons. The van der Waals surface area contributed by atoms with Crippen LogP contribution in [0.5, 0.6) is 0 Å². The molecule has 13 heavy (non-hydrogen) atoms. The average Bonchev–Trinajstić information content (AvgIpc) is 2.22. The van der Waals surface area contributed by atoms with Crippen LogP contribution in [0.4, 0.5) is 0 Å². The van der Waals surface area contributed by atoms with Gasteiger partial charge in [0.2, 0.25) is 0 Å². The van der Waals surface area contributed by atoms with Crippen molar-refractivity contribution in [3.63, 3.8) is 0 Å². The van der Waals surface area contributed by atoms with E-state index in [9.17, 15) is 0 Å². The van der Waals surface area contributed by atoms with Gasteiger partial charge in [-0.2, -0.15) is 0 Å². The van der Waals surface area contributed by atoms with Gasteiger partial charge in [-0.1, -0.05) is 26.2 Å². The Balaban J connectivity index is 0.000000223. The number of unbranched alkanes of at least 4 members (excludes halogenated alkanes) is 3. The Morgan fingerprint density at radius 1 is 0.923 bits per heavy atom. The Morgan fingerprint density at radius 2 is 1.46 bits per heavy atom. The fourth-order valence-electron chi connectivity index (χ4n) is 0.978. The fourth-order valence-corrected chi connectivity index (χ4v) is 0.978. The molecule has 3 heteroatoms. The van der Waals surface area contributed by atoms with Crippen LogP contribution in [-0.4, -0.2) is 38.1 Å². The average molecular weight is 190 g/mol. The Hall–Kier alpha value is -0.120. The first-order valence-electron chi connectivity index (χ1n) is 5.18. The highest BCUT2D eigenvalue weighted by molar-refractivity contribution is 4.37. The Bertz CT molecular complexity index is 66.7. The highest BCUT2D eigenvalue weighted by atomic mass is 16.6. The second-order valence-corrected chi connectivity index (χ2v) is 3.01. The minimum atomic E-state index is 0.361. The fraction of sp³-hybridized carbons (Fsp3) is 1.00. The summed E-state index contributed by atoms with van der Waals surface area (Å²) in [6.07, 6.45) is 4.68. The quantitative estimate of drug-likeness (QED) is 0.684. The molecule has 0 aromatic rings. The van der Waals surface area contributed by atoms with Gasteiger partial charge in [-0.25, -0.2) is 0 Å². The molecule has 3 nitrogen and oxygen atoms in total. The molecule has 0 radical (unpaired) electrons. The van der Waals surface area contributed by atoms with Gasteiger partial charge in [0.05, 0.1) is 26.4 Å². The Labute approximate surface area is 81.0 Å². The zero-order valence-electron chi connectivity index (χ0n) is 8.63. The van der Waals surface area contributed by atoms with Gasteiger partial charge in [-0.15, -0.1) is 0 Å². The predicted octanol–water partition coefficient (Wildman–Crippen LogP) is 1.59. The molecule has 1 aliphatic heterocycles. The summed E-state index contributed by atoms with van der Waals surface area (Å²) in [5.74, 6) is 0. The smallest absolute Gasteiger partial charge is 0.0701 e. The largest absolute Gasteiger partial charge is 0.396 e. The third-order valence-corrected chi connectivity index (χ3v) is 1.76. The highest BCUT2D eigenvalue weighted by Gasteiger charge is 1.94. The topological polar surface area (TPSA) is 38.7 Å². The molecule has 0 aliphatic carbocycles. The molecular formula is C10H22O3. The number of aliphatic hydroxyl groups excluding tert-OH is 1. The lowest BCUT2D eigenvalue weighted by Crippen LogP contribution is -2.16. The summed E-state index contributed by atoms with van der Waals surface area (Å²) in [7, 11) is 0. The Kier molecular flexibility index (Phi) is 11.8. The SMILES string of the molecule is C1COCCO1.CCCCCCO. The summed E-state index contributed by atoms with van der Waals surface area (Å²) < 4.78 is 9.89. The van der Waals surface area contributed by atoms with Gasteiger partial charge in [0, 0.05) is 6.61 Å². The number of aliphatic hydroxyl groups is 1. The summed E-state index contributed by atoms with van der Waals surface area (Å²) in [6, 6.07) is 0. The molecule has 0 aromatic carbocycles. The van der Waals surface area contributed by atoms with Crippen LogP contribution >= 0.6 is 0 Å². The van der Waals surface area contributed by atoms with Crippen molar-refractivity contribution in [2.75, 3.05) is 33.0 Å². The van der Waals surface area contributed by atoms with E-state index in [2.05, 4.69) is 6.92 Å². The first-order chi connectivity index (χ1) is 6.41. The van der Waals surface area contributed by atoms with Crippen LogP contribution in [0.1, 0.15) is 32.6 Å². The summed E-state index contributed by atoms with van der Waals surface area (Å²) in [4.78, 5) is 0. The van der Waals surface area contributed by atoms with Crippen LogP contribution in [0.2, 0.25) is 0 Å². The lowest BCUT2D eigenvalue weighted by Gasteiger charge is -2.09. The molecule has 0 aromatic heterocycles. The summed E-state index contributed by atoms with van der Waals surface area (Å²) in [6.45, 7) is 5.64. The van der Waals surface area contributed by atoms with Crippen LogP contribution in [0.15, 0.2) is 0 Å². The van der Waals surface area contributed by atoms with Crippen molar-refractivity contribution in [2.24, 2.45) is 0 Å². The van der Waals surface area contributed by atoms with E-state index in [0.717, 1.165) is 32.8 Å². The lowest BCUT2D eigenvalue weighted by atomic mass is 10.2. The van der Waals surface area contributed by atoms with Crippen molar-refractivity contribution in [3.05, 3.63) is 0 Å². The molecule has 1 fully saturated rings. The normalized spacial score (nSPS) is 16.2. The maximum atomic E-state index is 8.29. The third-order valence-electron chi connectivity index (χ3n) is 1.76. The van der Waals surface area contributed by atoms with E-state index < -0.39 is 0 Å². The summed E-state index contributed by atoms with van der Waals surface area (Å²) >= 11 is 0. The van der Waals surface area contributed by atoms with Crippen molar-refractivity contribution < 1.29 is 14.6 Å². The van der Waals surface area contributed by atoms with Crippen LogP contribution in [0.25, 0.3) is 0 Å². The molecule has 1 heterocycles. The van der Waals surface area contributed by atoms with Crippen LogP contribution in [0, 0.1) is 0 Å². The van der Waals surface area contributed by atoms with Gasteiger partial charge < -0.3 is 14.6 Å². The van der Waals surface area contributed by atoms with Crippen molar-refractivity contribution in [1.82, 2.24) is 0 Å². The van der Waals surface area contributed by atoms with Crippen LogP contribution in [-0.2, 0) is 9.47 Å². The zero-order chi connectivity index (χ0) is 9.78. The molecule has 1 rings (SSSR count). The summed E-state index contributed by atoms with van der Waals surface area (Å²) in [5.41, 5.74) is 0. The number of ether oxygens (including phenoxy) is 2. The number of hydrogen-bond donors (Lipinski definition) is 1. The minimum absolute atomic E-state index is 0.361.